The van der Waals surface area contributed by atoms with Crippen LogP contribution < -0.4 is 4.90 Å². The SMILES string of the molecule is CN(CCC(O)c1ccccc1)Cc1ccc(N(C)C)nc1. The van der Waals surface area contributed by atoms with Crippen LogP contribution in [0, 0.1) is 0 Å². The molecule has 1 aromatic heterocycles. The predicted octanol–water partition coefficient (Wildman–Crippen LogP) is 2.70. The summed E-state index contributed by atoms with van der Waals surface area (Å²) in [5, 5.41) is 10.2. The van der Waals surface area contributed by atoms with Gasteiger partial charge in [0, 0.05) is 33.4 Å². The highest BCUT2D eigenvalue weighted by Crippen LogP contribution is 2.17. The number of aliphatic hydroxyl groups excluding tert-OH is 1. The van der Waals surface area contributed by atoms with Gasteiger partial charge in [-0.3, -0.25) is 0 Å². The highest BCUT2D eigenvalue weighted by Gasteiger charge is 2.09. The molecule has 0 saturated heterocycles. The Balaban J connectivity index is 1.81. The van der Waals surface area contributed by atoms with Crippen molar-refractivity contribution in [3.63, 3.8) is 0 Å². The predicted molar refractivity (Wildman–Crippen MR) is 90.9 cm³/mol. The van der Waals surface area contributed by atoms with E-state index < -0.39 is 6.10 Å². The van der Waals surface area contributed by atoms with E-state index in [-0.39, 0.29) is 0 Å². The van der Waals surface area contributed by atoms with Crippen LogP contribution in [-0.4, -0.2) is 42.7 Å². The smallest absolute Gasteiger partial charge is 0.127 e. The normalized spacial score (nSPS) is 12.4. The van der Waals surface area contributed by atoms with Gasteiger partial charge in [-0.15, -0.1) is 0 Å². The quantitative estimate of drug-likeness (QED) is 0.853. The van der Waals surface area contributed by atoms with Crippen LogP contribution in [0.4, 0.5) is 5.82 Å². The zero-order valence-electron chi connectivity index (χ0n) is 13.6. The maximum atomic E-state index is 10.2. The van der Waals surface area contributed by atoms with E-state index >= 15 is 0 Å². The molecule has 0 aliphatic carbocycles. The molecule has 2 rings (SSSR count). The highest BCUT2D eigenvalue weighted by molar-refractivity contribution is 5.37. The summed E-state index contributed by atoms with van der Waals surface area (Å²) < 4.78 is 0. The molecule has 1 unspecified atom stereocenters. The lowest BCUT2D eigenvalue weighted by Gasteiger charge is -2.19. The number of anilines is 1. The second-order valence-electron chi connectivity index (χ2n) is 5.87. The summed E-state index contributed by atoms with van der Waals surface area (Å²) in [5.41, 5.74) is 2.16. The van der Waals surface area contributed by atoms with E-state index in [2.05, 4.69) is 23.0 Å². The molecule has 0 bridgehead atoms. The Morgan fingerprint density at radius 3 is 2.36 bits per heavy atom. The number of hydrogen-bond acceptors (Lipinski definition) is 4. The van der Waals surface area contributed by atoms with Gasteiger partial charge < -0.3 is 14.9 Å². The Hall–Kier alpha value is -1.91. The molecule has 1 atom stereocenters. The third-order valence-corrected chi connectivity index (χ3v) is 3.69. The van der Waals surface area contributed by atoms with Crippen molar-refractivity contribution in [2.75, 3.05) is 32.6 Å². The highest BCUT2D eigenvalue weighted by atomic mass is 16.3. The van der Waals surface area contributed by atoms with Crippen molar-refractivity contribution in [1.82, 2.24) is 9.88 Å². The topological polar surface area (TPSA) is 39.6 Å². The zero-order chi connectivity index (χ0) is 15.9. The van der Waals surface area contributed by atoms with Crippen LogP contribution in [0.1, 0.15) is 23.7 Å². The van der Waals surface area contributed by atoms with E-state index in [1.54, 1.807) is 0 Å². The van der Waals surface area contributed by atoms with Gasteiger partial charge in [0.2, 0.25) is 0 Å². The molecule has 22 heavy (non-hydrogen) atoms. The number of rotatable bonds is 7. The molecule has 1 heterocycles. The van der Waals surface area contributed by atoms with Crippen molar-refractivity contribution in [1.29, 1.82) is 0 Å². The molecular formula is C18H25N3O. The van der Waals surface area contributed by atoms with Gasteiger partial charge in [-0.25, -0.2) is 4.98 Å². The molecule has 1 aromatic carbocycles. The standard InChI is InChI=1S/C18H25N3O/c1-20(2)18-10-9-15(13-19-18)14-21(3)12-11-17(22)16-7-5-4-6-8-16/h4-10,13,17,22H,11-12,14H2,1-3H3. The van der Waals surface area contributed by atoms with Crippen LogP contribution in [0.25, 0.3) is 0 Å². The van der Waals surface area contributed by atoms with Crippen molar-refractivity contribution >= 4 is 5.82 Å². The van der Waals surface area contributed by atoms with E-state index in [1.807, 2.05) is 61.6 Å². The minimum atomic E-state index is -0.405. The van der Waals surface area contributed by atoms with Crippen LogP contribution in [0.3, 0.4) is 0 Å². The summed E-state index contributed by atoms with van der Waals surface area (Å²) in [7, 11) is 6.04. The fourth-order valence-corrected chi connectivity index (χ4v) is 2.35. The minimum absolute atomic E-state index is 0.405. The molecule has 118 valence electrons. The third kappa shape index (κ3) is 4.83. The molecule has 0 aliphatic rings. The Morgan fingerprint density at radius 1 is 1.05 bits per heavy atom. The van der Waals surface area contributed by atoms with Crippen LogP contribution in [0.5, 0.6) is 0 Å². The van der Waals surface area contributed by atoms with Crippen LogP contribution in [0.2, 0.25) is 0 Å². The first-order valence-corrected chi connectivity index (χ1v) is 7.60. The van der Waals surface area contributed by atoms with Crippen molar-refractivity contribution in [2.45, 2.75) is 19.1 Å². The largest absolute Gasteiger partial charge is 0.388 e. The maximum Gasteiger partial charge on any atom is 0.127 e. The second kappa shape index (κ2) is 7.92. The summed E-state index contributed by atoms with van der Waals surface area (Å²) in [4.78, 5) is 8.62. The van der Waals surface area contributed by atoms with E-state index in [9.17, 15) is 5.11 Å². The molecule has 4 heteroatoms. The molecule has 2 aromatic rings. The van der Waals surface area contributed by atoms with Crippen LogP contribution >= 0.6 is 0 Å². The summed E-state index contributed by atoms with van der Waals surface area (Å²) in [6.45, 7) is 1.67. The molecule has 0 aliphatic heterocycles. The van der Waals surface area contributed by atoms with Gasteiger partial charge in [-0.2, -0.15) is 0 Å². The zero-order valence-corrected chi connectivity index (χ0v) is 13.6. The van der Waals surface area contributed by atoms with Crippen molar-refractivity contribution in [3.8, 4) is 0 Å². The van der Waals surface area contributed by atoms with Gasteiger partial charge in [0.15, 0.2) is 0 Å². The van der Waals surface area contributed by atoms with Gasteiger partial charge in [0.1, 0.15) is 5.82 Å². The van der Waals surface area contributed by atoms with Gasteiger partial charge in [-0.05, 0) is 30.7 Å². The summed E-state index contributed by atoms with van der Waals surface area (Å²) in [6.07, 6.45) is 2.24. The first kappa shape index (κ1) is 16.5. The number of aromatic nitrogens is 1. The Labute approximate surface area is 133 Å². The van der Waals surface area contributed by atoms with E-state index in [4.69, 9.17) is 0 Å². The average Bonchev–Trinajstić information content (AvgIpc) is 2.54. The molecule has 0 spiro atoms. The first-order valence-electron chi connectivity index (χ1n) is 7.60. The van der Waals surface area contributed by atoms with E-state index in [0.29, 0.717) is 0 Å². The fourth-order valence-electron chi connectivity index (χ4n) is 2.35. The van der Waals surface area contributed by atoms with Crippen molar-refractivity contribution < 1.29 is 5.11 Å². The second-order valence-corrected chi connectivity index (χ2v) is 5.87. The number of benzene rings is 1. The van der Waals surface area contributed by atoms with Crippen LogP contribution in [-0.2, 0) is 6.54 Å². The number of hydrogen-bond donors (Lipinski definition) is 1. The summed E-state index contributed by atoms with van der Waals surface area (Å²) in [5.74, 6) is 0.964. The van der Waals surface area contributed by atoms with Gasteiger partial charge in [0.05, 0.1) is 6.10 Å². The summed E-state index contributed by atoms with van der Waals surface area (Å²) >= 11 is 0. The van der Waals surface area contributed by atoms with Crippen LogP contribution in [0.15, 0.2) is 48.7 Å². The fraction of sp³-hybridized carbons (Fsp3) is 0.389. The number of pyridine rings is 1. The molecule has 1 N–H and O–H groups in total. The Bertz CT molecular complexity index is 554. The molecule has 0 saturated carbocycles. The molecule has 0 fully saturated rings. The lowest BCUT2D eigenvalue weighted by atomic mass is 10.1. The number of aliphatic hydroxyl groups is 1. The Morgan fingerprint density at radius 2 is 1.77 bits per heavy atom. The lowest BCUT2D eigenvalue weighted by Crippen LogP contribution is -2.21. The monoisotopic (exact) mass is 299 g/mol. The third-order valence-electron chi connectivity index (χ3n) is 3.69. The first-order chi connectivity index (χ1) is 10.6. The van der Waals surface area contributed by atoms with E-state index in [0.717, 1.165) is 30.9 Å². The molecule has 4 nitrogen and oxygen atoms in total. The van der Waals surface area contributed by atoms with Crippen molar-refractivity contribution in [2.24, 2.45) is 0 Å². The maximum absolute atomic E-state index is 10.2. The van der Waals surface area contributed by atoms with Gasteiger partial charge >= 0.3 is 0 Å². The summed E-state index contributed by atoms with van der Waals surface area (Å²) in [6, 6.07) is 13.9. The van der Waals surface area contributed by atoms with Crippen molar-refractivity contribution in [3.05, 3.63) is 59.8 Å². The molecular weight excluding hydrogens is 274 g/mol. The molecule has 0 amide bonds. The number of nitrogens with zero attached hydrogens (tertiary/aromatic N) is 3. The van der Waals surface area contributed by atoms with Gasteiger partial charge in [0.25, 0.3) is 0 Å². The minimum Gasteiger partial charge on any atom is -0.388 e. The average molecular weight is 299 g/mol. The van der Waals surface area contributed by atoms with E-state index in [1.165, 1.54) is 5.56 Å². The lowest BCUT2D eigenvalue weighted by molar-refractivity contribution is 0.147. The van der Waals surface area contributed by atoms with Gasteiger partial charge in [-0.1, -0.05) is 36.4 Å². The Kier molecular flexibility index (Phi) is 5.92. The molecule has 0 radical (unpaired) electrons.